The van der Waals surface area contributed by atoms with Crippen LogP contribution in [0.1, 0.15) is 69.1 Å². The van der Waals surface area contributed by atoms with E-state index in [1.807, 2.05) is 32.0 Å². The van der Waals surface area contributed by atoms with Crippen LogP contribution in [0.15, 0.2) is 48.5 Å². The summed E-state index contributed by atoms with van der Waals surface area (Å²) in [6.07, 6.45) is 4.37. The highest BCUT2D eigenvalue weighted by atomic mass is 16.5. The van der Waals surface area contributed by atoms with Gasteiger partial charge in [0.1, 0.15) is 12.4 Å². The summed E-state index contributed by atoms with van der Waals surface area (Å²) in [5.41, 5.74) is 3.53. The van der Waals surface area contributed by atoms with Gasteiger partial charge < -0.3 is 4.74 Å². The maximum Gasteiger partial charge on any atom is 0.232 e. The largest absolute Gasteiger partial charge is 0.489 e. The molecule has 2 aromatic carbocycles. The van der Waals surface area contributed by atoms with Crippen molar-refractivity contribution in [3.8, 4) is 5.75 Å². The first kappa shape index (κ1) is 21.6. The molecular weight excluding hydrogens is 386 g/mol. The second kappa shape index (κ2) is 8.86. The molecule has 2 aliphatic carbocycles. The third kappa shape index (κ3) is 4.00. The SMILES string of the molecule is CC.CC12CCC3c4ccc(OCc5ccccc5)cc4CCC3C1CC(=O)NC2=O. The van der Waals surface area contributed by atoms with Crippen molar-refractivity contribution in [2.45, 2.75) is 65.4 Å². The molecule has 164 valence electrons. The minimum atomic E-state index is -0.398. The van der Waals surface area contributed by atoms with Gasteiger partial charge in [0.25, 0.3) is 0 Å². The summed E-state index contributed by atoms with van der Waals surface area (Å²) in [4.78, 5) is 24.6. The van der Waals surface area contributed by atoms with Crippen LogP contribution in [0.25, 0.3) is 0 Å². The number of fused-ring (bicyclic) bond motifs is 5. The van der Waals surface area contributed by atoms with E-state index < -0.39 is 5.41 Å². The molecule has 3 aliphatic rings. The monoisotopic (exact) mass is 419 g/mol. The normalized spacial score (nSPS) is 28.8. The Kier molecular flexibility index (Phi) is 6.17. The molecule has 1 saturated heterocycles. The summed E-state index contributed by atoms with van der Waals surface area (Å²) in [6.45, 7) is 6.63. The first-order valence-electron chi connectivity index (χ1n) is 11.7. The van der Waals surface area contributed by atoms with Gasteiger partial charge in [-0.05, 0) is 72.3 Å². The number of rotatable bonds is 3. The summed E-state index contributed by atoms with van der Waals surface area (Å²) in [6, 6.07) is 16.7. The minimum Gasteiger partial charge on any atom is -0.489 e. The molecule has 1 heterocycles. The number of hydrogen-bond acceptors (Lipinski definition) is 3. The van der Waals surface area contributed by atoms with Gasteiger partial charge in [0.2, 0.25) is 11.8 Å². The molecular formula is C27H33NO3. The highest BCUT2D eigenvalue weighted by Gasteiger charge is 2.54. The second-order valence-corrected chi connectivity index (χ2v) is 9.09. The van der Waals surface area contributed by atoms with Crippen molar-refractivity contribution in [1.82, 2.24) is 5.32 Å². The van der Waals surface area contributed by atoms with E-state index >= 15 is 0 Å². The van der Waals surface area contributed by atoms with Crippen molar-refractivity contribution >= 4 is 11.8 Å². The predicted octanol–water partition coefficient (Wildman–Crippen LogP) is 5.40. The third-order valence-corrected chi connectivity index (χ3v) is 7.51. The zero-order valence-electron chi connectivity index (χ0n) is 18.8. The zero-order chi connectivity index (χ0) is 22.0. The number of carbonyl (C=O) groups is 2. The van der Waals surface area contributed by atoms with Gasteiger partial charge in [-0.3, -0.25) is 14.9 Å². The van der Waals surface area contributed by atoms with E-state index in [2.05, 4.69) is 42.6 Å². The van der Waals surface area contributed by atoms with Crippen LogP contribution < -0.4 is 10.1 Å². The van der Waals surface area contributed by atoms with Gasteiger partial charge in [-0.25, -0.2) is 0 Å². The Morgan fingerprint density at radius 2 is 1.84 bits per heavy atom. The Labute approximate surface area is 185 Å². The van der Waals surface area contributed by atoms with Gasteiger partial charge in [-0.2, -0.15) is 0 Å². The summed E-state index contributed by atoms with van der Waals surface area (Å²) in [7, 11) is 0. The van der Waals surface area contributed by atoms with Gasteiger partial charge in [-0.1, -0.05) is 57.2 Å². The van der Waals surface area contributed by atoms with Gasteiger partial charge in [0, 0.05) is 6.42 Å². The van der Waals surface area contributed by atoms with E-state index in [1.165, 1.54) is 11.1 Å². The molecule has 2 fully saturated rings. The van der Waals surface area contributed by atoms with Crippen LogP contribution in [0.3, 0.4) is 0 Å². The van der Waals surface area contributed by atoms with Crippen LogP contribution in [0, 0.1) is 17.3 Å². The summed E-state index contributed by atoms with van der Waals surface area (Å²) < 4.78 is 6.03. The lowest BCUT2D eigenvalue weighted by Gasteiger charge is -2.52. The molecule has 1 aliphatic heterocycles. The van der Waals surface area contributed by atoms with E-state index in [0.29, 0.717) is 24.9 Å². The number of piperidine rings is 1. The van der Waals surface area contributed by atoms with E-state index in [9.17, 15) is 9.59 Å². The molecule has 0 aromatic heterocycles. The van der Waals surface area contributed by atoms with Crippen molar-refractivity contribution < 1.29 is 14.3 Å². The lowest BCUT2D eigenvalue weighted by molar-refractivity contribution is -0.151. The molecule has 4 unspecified atom stereocenters. The fraction of sp³-hybridized carbons (Fsp3) is 0.481. The highest BCUT2D eigenvalue weighted by molar-refractivity contribution is 6.01. The summed E-state index contributed by atoms with van der Waals surface area (Å²) >= 11 is 0. The van der Waals surface area contributed by atoms with Crippen LogP contribution >= 0.6 is 0 Å². The maximum absolute atomic E-state index is 12.6. The second-order valence-electron chi connectivity index (χ2n) is 9.09. The molecule has 4 heteroatoms. The number of aryl methyl sites for hydroxylation is 1. The Morgan fingerprint density at radius 1 is 1.06 bits per heavy atom. The predicted molar refractivity (Wildman–Crippen MR) is 122 cm³/mol. The van der Waals surface area contributed by atoms with E-state index in [0.717, 1.165) is 37.0 Å². The van der Waals surface area contributed by atoms with Gasteiger partial charge in [-0.15, -0.1) is 0 Å². The van der Waals surface area contributed by atoms with E-state index in [4.69, 9.17) is 4.74 Å². The fourth-order valence-electron chi connectivity index (χ4n) is 5.89. The average Bonchev–Trinajstić information content (AvgIpc) is 2.80. The Hall–Kier alpha value is -2.62. The topological polar surface area (TPSA) is 55.4 Å². The van der Waals surface area contributed by atoms with Crippen molar-refractivity contribution in [3.63, 3.8) is 0 Å². The zero-order valence-corrected chi connectivity index (χ0v) is 18.8. The number of carbonyl (C=O) groups excluding carboxylic acids is 2. The molecule has 2 aromatic rings. The van der Waals surface area contributed by atoms with Crippen molar-refractivity contribution in [2.24, 2.45) is 17.3 Å². The van der Waals surface area contributed by atoms with Crippen molar-refractivity contribution in [1.29, 1.82) is 0 Å². The summed E-state index contributed by atoms with van der Waals surface area (Å²) in [5.74, 6) is 1.76. The third-order valence-electron chi connectivity index (χ3n) is 7.51. The average molecular weight is 420 g/mol. The molecule has 0 spiro atoms. The fourth-order valence-corrected chi connectivity index (χ4v) is 5.89. The molecule has 1 saturated carbocycles. The smallest absolute Gasteiger partial charge is 0.232 e. The minimum absolute atomic E-state index is 0.0624. The summed E-state index contributed by atoms with van der Waals surface area (Å²) in [5, 5.41) is 2.57. The van der Waals surface area contributed by atoms with Crippen LogP contribution in [0.4, 0.5) is 0 Å². The lowest BCUT2D eigenvalue weighted by atomic mass is 9.52. The van der Waals surface area contributed by atoms with Gasteiger partial charge in [0.15, 0.2) is 0 Å². The van der Waals surface area contributed by atoms with Gasteiger partial charge in [0.05, 0.1) is 5.41 Å². The Morgan fingerprint density at radius 3 is 2.61 bits per heavy atom. The number of benzene rings is 2. The van der Waals surface area contributed by atoms with Crippen LogP contribution in [-0.2, 0) is 22.6 Å². The molecule has 5 rings (SSSR count). The van der Waals surface area contributed by atoms with Gasteiger partial charge >= 0.3 is 0 Å². The molecule has 2 amide bonds. The molecule has 31 heavy (non-hydrogen) atoms. The number of ether oxygens (including phenoxy) is 1. The lowest BCUT2D eigenvalue weighted by Crippen LogP contribution is -2.57. The number of hydrogen-bond donors (Lipinski definition) is 1. The Balaban J connectivity index is 0.00000112. The van der Waals surface area contributed by atoms with Crippen LogP contribution in [-0.4, -0.2) is 11.8 Å². The van der Waals surface area contributed by atoms with E-state index in [-0.39, 0.29) is 17.7 Å². The van der Waals surface area contributed by atoms with Crippen LogP contribution in [0.2, 0.25) is 0 Å². The number of nitrogens with one attached hydrogen (secondary N) is 1. The molecule has 1 N–H and O–H groups in total. The number of amides is 2. The molecule has 4 nitrogen and oxygen atoms in total. The van der Waals surface area contributed by atoms with E-state index in [1.54, 1.807) is 0 Å². The molecule has 0 bridgehead atoms. The van der Waals surface area contributed by atoms with Crippen molar-refractivity contribution in [3.05, 3.63) is 65.2 Å². The standard InChI is InChI=1S/C25H27NO3.C2H6/c1-25-12-11-20-19-10-8-18(29-15-16-5-3-2-4-6-16)13-17(19)7-9-21(20)22(25)14-23(27)26-24(25)28;1-2/h2-6,8,10,13,20-22H,7,9,11-12,14-15H2,1H3,(H,26,27,28);1-2H3. The first-order chi connectivity index (χ1) is 15.0. The van der Waals surface area contributed by atoms with Crippen LogP contribution in [0.5, 0.6) is 5.75 Å². The maximum atomic E-state index is 12.6. The molecule has 0 radical (unpaired) electrons. The highest BCUT2D eigenvalue weighted by Crippen LogP contribution is 2.57. The molecule has 4 atom stereocenters. The Bertz CT molecular complexity index is 954. The first-order valence-corrected chi connectivity index (χ1v) is 11.7. The van der Waals surface area contributed by atoms with Crippen molar-refractivity contribution in [2.75, 3.05) is 0 Å². The number of imide groups is 1. The quantitative estimate of drug-likeness (QED) is 0.678.